The van der Waals surface area contributed by atoms with Crippen LogP contribution in [-0.4, -0.2) is 14.3 Å². The van der Waals surface area contributed by atoms with Crippen molar-refractivity contribution in [2.45, 2.75) is 11.8 Å². The Balaban J connectivity index is 2.31. The van der Waals surface area contributed by atoms with Crippen LogP contribution in [-0.2, 0) is 10.0 Å². The molecule has 110 valence electrons. The Morgan fingerprint density at radius 1 is 1.14 bits per heavy atom. The van der Waals surface area contributed by atoms with Crippen LogP contribution in [0.2, 0.25) is 0 Å². The number of carbonyl (C=O) groups is 1. The summed E-state index contributed by atoms with van der Waals surface area (Å²) >= 11 is 0. The van der Waals surface area contributed by atoms with Gasteiger partial charge < -0.3 is 5.73 Å². The second kappa shape index (κ2) is 5.53. The average Bonchev–Trinajstić information content (AvgIpc) is 2.42. The molecule has 0 saturated carbocycles. The first-order valence-electron chi connectivity index (χ1n) is 5.98. The molecule has 2 rings (SSSR count). The predicted molar refractivity (Wildman–Crippen MR) is 76.9 cm³/mol. The lowest BCUT2D eigenvalue weighted by Crippen LogP contribution is -2.15. The molecule has 0 unspecified atom stereocenters. The zero-order chi connectivity index (χ0) is 15.6. The number of rotatable bonds is 4. The molecule has 0 radical (unpaired) electrons. The molecule has 0 aliphatic heterocycles. The lowest BCUT2D eigenvalue weighted by molar-refractivity contribution is 0.1000. The normalized spacial score (nSPS) is 11.1. The Labute approximate surface area is 121 Å². The number of nitrogens with two attached hydrogens (primary N) is 1. The zero-order valence-electron chi connectivity index (χ0n) is 11.1. The lowest BCUT2D eigenvalue weighted by atomic mass is 10.2. The summed E-state index contributed by atoms with van der Waals surface area (Å²) in [7, 11) is -3.82. The van der Waals surface area contributed by atoms with E-state index < -0.39 is 21.7 Å². The Morgan fingerprint density at radius 3 is 2.29 bits per heavy atom. The summed E-state index contributed by atoms with van der Waals surface area (Å²) in [5.74, 6) is -1.08. The van der Waals surface area contributed by atoms with E-state index in [1.807, 2.05) is 0 Å². The average molecular weight is 308 g/mol. The summed E-state index contributed by atoms with van der Waals surface area (Å²) in [6, 6.07) is 8.96. The summed E-state index contributed by atoms with van der Waals surface area (Å²) < 4.78 is 39.8. The molecule has 0 aliphatic rings. The Hall–Kier alpha value is -2.41. The fourth-order valence-corrected chi connectivity index (χ4v) is 2.87. The first-order chi connectivity index (χ1) is 9.79. The van der Waals surface area contributed by atoms with Crippen molar-refractivity contribution in [2.24, 2.45) is 5.73 Å². The van der Waals surface area contributed by atoms with Crippen LogP contribution >= 0.6 is 0 Å². The Kier molecular flexibility index (Phi) is 3.95. The van der Waals surface area contributed by atoms with Crippen molar-refractivity contribution in [1.29, 1.82) is 0 Å². The number of anilines is 1. The third-order valence-electron chi connectivity index (χ3n) is 2.88. The quantitative estimate of drug-likeness (QED) is 0.905. The first-order valence-corrected chi connectivity index (χ1v) is 7.47. The van der Waals surface area contributed by atoms with Crippen molar-refractivity contribution in [2.75, 3.05) is 4.72 Å². The van der Waals surface area contributed by atoms with Crippen LogP contribution in [0.1, 0.15) is 15.9 Å². The van der Waals surface area contributed by atoms with E-state index in [1.165, 1.54) is 42.5 Å². The van der Waals surface area contributed by atoms with Crippen LogP contribution < -0.4 is 10.5 Å². The summed E-state index contributed by atoms with van der Waals surface area (Å²) in [6.45, 7) is 1.59. The third-order valence-corrected chi connectivity index (χ3v) is 4.26. The number of hydrogen-bond acceptors (Lipinski definition) is 3. The molecular formula is C14H13FN2O3S. The van der Waals surface area contributed by atoms with Crippen molar-refractivity contribution in [3.05, 3.63) is 59.4 Å². The van der Waals surface area contributed by atoms with E-state index in [0.29, 0.717) is 5.56 Å². The minimum Gasteiger partial charge on any atom is -0.366 e. The molecule has 0 heterocycles. The maximum Gasteiger partial charge on any atom is 0.261 e. The number of sulfonamides is 1. The lowest BCUT2D eigenvalue weighted by Gasteiger charge is -2.10. The molecule has 2 aromatic carbocycles. The smallest absolute Gasteiger partial charge is 0.261 e. The van der Waals surface area contributed by atoms with E-state index in [0.717, 1.165) is 0 Å². The van der Waals surface area contributed by atoms with Gasteiger partial charge in [-0.3, -0.25) is 9.52 Å². The van der Waals surface area contributed by atoms with Crippen LogP contribution in [0, 0.1) is 12.7 Å². The molecule has 0 bridgehead atoms. The van der Waals surface area contributed by atoms with E-state index in [4.69, 9.17) is 5.73 Å². The zero-order valence-corrected chi connectivity index (χ0v) is 11.9. The van der Waals surface area contributed by atoms with E-state index in [-0.39, 0.29) is 16.1 Å². The van der Waals surface area contributed by atoms with Crippen molar-refractivity contribution in [3.63, 3.8) is 0 Å². The van der Waals surface area contributed by atoms with Crippen LogP contribution in [0.15, 0.2) is 47.4 Å². The van der Waals surface area contributed by atoms with Gasteiger partial charge in [-0.05, 0) is 55.0 Å². The first kappa shape index (κ1) is 15.0. The van der Waals surface area contributed by atoms with Crippen LogP contribution in [0.25, 0.3) is 0 Å². The fourth-order valence-electron chi connectivity index (χ4n) is 1.74. The molecule has 0 aliphatic carbocycles. The molecule has 5 nitrogen and oxygen atoms in total. The Morgan fingerprint density at radius 2 is 1.76 bits per heavy atom. The van der Waals surface area contributed by atoms with Gasteiger partial charge in [0.25, 0.3) is 10.0 Å². The molecule has 7 heteroatoms. The van der Waals surface area contributed by atoms with Crippen LogP contribution in [0.4, 0.5) is 10.1 Å². The van der Waals surface area contributed by atoms with Gasteiger partial charge >= 0.3 is 0 Å². The Bertz CT molecular complexity index is 786. The predicted octanol–water partition coefficient (Wildman–Crippen LogP) is 2.03. The van der Waals surface area contributed by atoms with Gasteiger partial charge in [-0.25, -0.2) is 12.8 Å². The topological polar surface area (TPSA) is 89.3 Å². The van der Waals surface area contributed by atoms with Crippen molar-refractivity contribution < 1.29 is 17.6 Å². The molecule has 0 aromatic heterocycles. The number of primary amides is 1. The van der Waals surface area contributed by atoms with Gasteiger partial charge in [0.2, 0.25) is 5.91 Å². The van der Waals surface area contributed by atoms with Gasteiger partial charge in [0.05, 0.1) is 10.6 Å². The maximum absolute atomic E-state index is 13.0. The standard InChI is InChI=1S/C14H13FN2O3S/c1-9-8-11(15)4-7-13(9)17-21(19,20)12-5-2-10(3-6-12)14(16)18/h2-8,17H,1H3,(H2,16,18). The molecule has 2 aromatic rings. The maximum atomic E-state index is 13.0. The van der Waals surface area contributed by atoms with Gasteiger partial charge in [0.1, 0.15) is 5.82 Å². The van der Waals surface area contributed by atoms with Gasteiger partial charge in [0, 0.05) is 5.56 Å². The van der Waals surface area contributed by atoms with E-state index in [2.05, 4.69) is 4.72 Å². The van der Waals surface area contributed by atoms with Crippen molar-refractivity contribution in [1.82, 2.24) is 0 Å². The number of hydrogen-bond donors (Lipinski definition) is 2. The van der Waals surface area contributed by atoms with Crippen molar-refractivity contribution in [3.8, 4) is 0 Å². The number of halogens is 1. The number of nitrogens with one attached hydrogen (secondary N) is 1. The highest BCUT2D eigenvalue weighted by Crippen LogP contribution is 2.20. The molecule has 0 fully saturated rings. The van der Waals surface area contributed by atoms with Gasteiger partial charge in [-0.1, -0.05) is 0 Å². The molecule has 21 heavy (non-hydrogen) atoms. The highest BCUT2D eigenvalue weighted by molar-refractivity contribution is 7.92. The van der Waals surface area contributed by atoms with Crippen molar-refractivity contribution >= 4 is 21.6 Å². The molecule has 3 N–H and O–H groups in total. The largest absolute Gasteiger partial charge is 0.366 e. The minimum absolute atomic E-state index is 0.0174. The number of aryl methyl sites for hydroxylation is 1. The highest BCUT2D eigenvalue weighted by atomic mass is 32.2. The summed E-state index contributed by atoms with van der Waals surface area (Å²) in [4.78, 5) is 10.9. The fraction of sp³-hybridized carbons (Fsp3) is 0.0714. The van der Waals surface area contributed by atoms with Gasteiger partial charge in [-0.2, -0.15) is 0 Å². The molecule has 0 saturated heterocycles. The monoisotopic (exact) mass is 308 g/mol. The molecule has 1 amide bonds. The second-order valence-corrected chi connectivity index (χ2v) is 6.14. The molecular weight excluding hydrogens is 295 g/mol. The molecule has 0 spiro atoms. The van der Waals surface area contributed by atoms with E-state index in [1.54, 1.807) is 6.92 Å². The summed E-state index contributed by atoms with van der Waals surface area (Å²) in [5.41, 5.74) is 6.06. The van der Waals surface area contributed by atoms with Gasteiger partial charge in [0.15, 0.2) is 0 Å². The van der Waals surface area contributed by atoms with Crippen LogP contribution in [0.5, 0.6) is 0 Å². The van der Waals surface area contributed by atoms with E-state index >= 15 is 0 Å². The van der Waals surface area contributed by atoms with Gasteiger partial charge in [-0.15, -0.1) is 0 Å². The van der Waals surface area contributed by atoms with E-state index in [9.17, 15) is 17.6 Å². The highest BCUT2D eigenvalue weighted by Gasteiger charge is 2.15. The number of amides is 1. The second-order valence-electron chi connectivity index (χ2n) is 4.45. The number of carbonyl (C=O) groups excluding carboxylic acids is 1. The minimum atomic E-state index is -3.82. The molecule has 0 atom stereocenters. The third kappa shape index (κ3) is 3.38. The summed E-state index contributed by atoms with van der Waals surface area (Å²) in [6.07, 6.45) is 0. The number of benzene rings is 2. The van der Waals surface area contributed by atoms with Crippen LogP contribution in [0.3, 0.4) is 0 Å². The summed E-state index contributed by atoms with van der Waals surface area (Å²) in [5, 5.41) is 0. The SMILES string of the molecule is Cc1cc(F)ccc1NS(=O)(=O)c1ccc(C(N)=O)cc1.